The van der Waals surface area contributed by atoms with Gasteiger partial charge in [-0.2, -0.15) is 0 Å². The van der Waals surface area contributed by atoms with Crippen LogP contribution < -0.4 is 9.47 Å². The van der Waals surface area contributed by atoms with Crippen molar-refractivity contribution in [3.05, 3.63) is 77.3 Å². The monoisotopic (exact) mass is 414 g/mol. The van der Waals surface area contributed by atoms with Gasteiger partial charge in [0.15, 0.2) is 22.8 Å². The Labute approximate surface area is 176 Å². The minimum absolute atomic E-state index is 0.250. The molecule has 2 aromatic heterocycles. The quantitative estimate of drug-likeness (QED) is 0.412. The standard InChI is InChI=1S/C23H15ClN4O2/c24-16-8-6-15(7-9-16)22-27-21-23(26-18-4-2-1-3-17(18)25-21)28(22)12-14-5-10-19-20(11-14)30-13-29-19/h1-11H,12-13H2. The maximum absolute atomic E-state index is 6.09. The number of rotatable bonds is 3. The van der Waals surface area contributed by atoms with Crippen molar-refractivity contribution in [2.75, 3.05) is 6.79 Å². The second-order valence-electron chi connectivity index (χ2n) is 7.08. The number of halogens is 1. The zero-order valence-corrected chi connectivity index (χ0v) is 16.5. The maximum Gasteiger partial charge on any atom is 0.231 e. The predicted octanol–water partition coefficient (Wildman–Crippen LogP) is 5.08. The van der Waals surface area contributed by atoms with Gasteiger partial charge < -0.3 is 14.0 Å². The van der Waals surface area contributed by atoms with Gasteiger partial charge in [-0.15, -0.1) is 0 Å². The van der Waals surface area contributed by atoms with E-state index in [1.807, 2.05) is 66.7 Å². The van der Waals surface area contributed by atoms with Gasteiger partial charge in [-0.3, -0.25) is 0 Å². The first-order valence-electron chi connectivity index (χ1n) is 9.52. The van der Waals surface area contributed by atoms with Crippen molar-refractivity contribution >= 4 is 33.9 Å². The molecule has 0 spiro atoms. The van der Waals surface area contributed by atoms with Crippen molar-refractivity contribution in [1.29, 1.82) is 0 Å². The van der Waals surface area contributed by atoms with Crippen LogP contribution >= 0.6 is 11.6 Å². The fraction of sp³-hybridized carbons (Fsp3) is 0.0870. The highest BCUT2D eigenvalue weighted by Gasteiger charge is 2.18. The molecule has 6 nitrogen and oxygen atoms in total. The number of aromatic nitrogens is 4. The molecule has 0 atom stereocenters. The summed E-state index contributed by atoms with van der Waals surface area (Å²) in [4.78, 5) is 14.4. The number of imidazole rings is 1. The molecule has 0 radical (unpaired) electrons. The van der Waals surface area contributed by atoms with E-state index in [-0.39, 0.29) is 6.79 Å². The van der Waals surface area contributed by atoms with Gasteiger partial charge >= 0.3 is 0 Å². The van der Waals surface area contributed by atoms with E-state index in [1.54, 1.807) is 0 Å². The molecule has 0 unspecified atom stereocenters. The van der Waals surface area contributed by atoms with Crippen molar-refractivity contribution in [2.45, 2.75) is 6.54 Å². The molecule has 3 aromatic carbocycles. The van der Waals surface area contributed by atoms with Gasteiger partial charge in [0.1, 0.15) is 5.82 Å². The van der Waals surface area contributed by atoms with Crippen LogP contribution in [-0.4, -0.2) is 26.3 Å². The Hall–Kier alpha value is -3.64. The van der Waals surface area contributed by atoms with E-state index >= 15 is 0 Å². The molecule has 30 heavy (non-hydrogen) atoms. The molecule has 0 N–H and O–H groups in total. The van der Waals surface area contributed by atoms with Crippen LogP contribution in [0.4, 0.5) is 0 Å². The van der Waals surface area contributed by atoms with Gasteiger partial charge in [0.25, 0.3) is 0 Å². The second kappa shape index (κ2) is 6.71. The van der Waals surface area contributed by atoms with Gasteiger partial charge in [-0.05, 0) is 54.1 Å². The molecule has 7 heteroatoms. The number of benzene rings is 3. The molecule has 146 valence electrons. The zero-order valence-electron chi connectivity index (χ0n) is 15.7. The molecule has 0 amide bonds. The molecule has 0 saturated carbocycles. The van der Waals surface area contributed by atoms with E-state index in [2.05, 4.69) is 4.57 Å². The van der Waals surface area contributed by atoms with Crippen molar-refractivity contribution in [3.8, 4) is 22.9 Å². The van der Waals surface area contributed by atoms with Crippen LogP contribution in [0.1, 0.15) is 5.56 Å². The summed E-state index contributed by atoms with van der Waals surface area (Å²) in [6.07, 6.45) is 0. The highest BCUT2D eigenvalue weighted by molar-refractivity contribution is 6.30. The molecule has 5 aromatic rings. The third kappa shape index (κ3) is 2.84. The fourth-order valence-electron chi connectivity index (χ4n) is 3.69. The molecule has 0 fully saturated rings. The van der Waals surface area contributed by atoms with Crippen LogP contribution in [-0.2, 0) is 6.54 Å². The lowest BCUT2D eigenvalue weighted by Gasteiger charge is -2.10. The Kier molecular flexibility index (Phi) is 3.86. The summed E-state index contributed by atoms with van der Waals surface area (Å²) in [5.74, 6) is 2.30. The molecular formula is C23H15ClN4O2. The number of hydrogen-bond acceptors (Lipinski definition) is 5. The third-order valence-electron chi connectivity index (χ3n) is 5.14. The fourth-order valence-corrected chi connectivity index (χ4v) is 3.82. The van der Waals surface area contributed by atoms with Crippen LogP contribution in [0.15, 0.2) is 66.7 Å². The van der Waals surface area contributed by atoms with E-state index < -0.39 is 0 Å². The molecule has 0 bridgehead atoms. The van der Waals surface area contributed by atoms with Crippen LogP contribution in [0.5, 0.6) is 11.5 Å². The van der Waals surface area contributed by atoms with E-state index in [0.717, 1.165) is 45.1 Å². The Bertz CT molecular complexity index is 1410. The van der Waals surface area contributed by atoms with E-state index in [4.69, 9.17) is 36.0 Å². The largest absolute Gasteiger partial charge is 0.454 e. The van der Waals surface area contributed by atoms with Crippen LogP contribution in [0.3, 0.4) is 0 Å². The van der Waals surface area contributed by atoms with E-state index in [1.165, 1.54) is 0 Å². The highest BCUT2D eigenvalue weighted by Crippen LogP contribution is 2.34. The summed E-state index contributed by atoms with van der Waals surface area (Å²) >= 11 is 6.09. The summed E-state index contributed by atoms with van der Waals surface area (Å²) in [7, 11) is 0. The van der Waals surface area contributed by atoms with Crippen molar-refractivity contribution < 1.29 is 9.47 Å². The number of para-hydroxylation sites is 2. The van der Waals surface area contributed by atoms with Crippen molar-refractivity contribution in [3.63, 3.8) is 0 Å². The van der Waals surface area contributed by atoms with Crippen molar-refractivity contribution in [2.24, 2.45) is 0 Å². The Balaban J connectivity index is 1.56. The first-order chi connectivity index (χ1) is 14.7. The van der Waals surface area contributed by atoms with E-state index in [0.29, 0.717) is 17.2 Å². The van der Waals surface area contributed by atoms with Gasteiger partial charge in [0.05, 0.1) is 17.6 Å². The van der Waals surface area contributed by atoms with Crippen LogP contribution in [0.2, 0.25) is 5.02 Å². The number of fused-ring (bicyclic) bond motifs is 3. The summed E-state index contributed by atoms with van der Waals surface area (Å²) in [6.45, 7) is 0.818. The average Bonchev–Trinajstić information content (AvgIpc) is 3.37. The van der Waals surface area contributed by atoms with Gasteiger partial charge in [-0.1, -0.05) is 29.8 Å². The lowest BCUT2D eigenvalue weighted by Crippen LogP contribution is -2.03. The Morgan fingerprint density at radius 2 is 1.60 bits per heavy atom. The van der Waals surface area contributed by atoms with Crippen molar-refractivity contribution in [1.82, 2.24) is 19.5 Å². The lowest BCUT2D eigenvalue weighted by atomic mass is 10.2. The van der Waals surface area contributed by atoms with Crippen LogP contribution in [0.25, 0.3) is 33.7 Å². The summed E-state index contributed by atoms with van der Waals surface area (Å²) in [5, 5.41) is 0.680. The molecule has 0 aliphatic carbocycles. The SMILES string of the molecule is Clc1ccc(-c2nc3nc4ccccc4nc3n2Cc2ccc3c(c2)OCO3)cc1. The average molecular weight is 415 g/mol. The topological polar surface area (TPSA) is 62.1 Å². The van der Waals surface area contributed by atoms with Gasteiger partial charge in [-0.25, -0.2) is 15.0 Å². The smallest absolute Gasteiger partial charge is 0.231 e. The first kappa shape index (κ1) is 17.2. The van der Waals surface area contributed by atoms with Gasteiger partial charge in [0.2, 0.25) is 6.79 Å². The normalized spacial score (nSPS) is 12.7. The first-order valence-corrected chi connectivity index (χ1v) is 9.90. The molecule has 0 saturated heterocycles. The number of ether oxygens (including phenoxy) is 2. The summed E-state index contributed by atoms with van der Waals surface area (Å²) in [6, 6.07) is 21.4. The second-order valence-corrected chi connectivity index (χ2v) is 7.51. The van der Waals surface area contributed by atoms with E-state index in [9.17, 15) is 0 Å². The number of hydrogen-bond donors (Lipinski definition) is 0. The predicted molar refractivity (Wildman–Crippen MR) is 115 cm³/mol. The zero-order chi connectivity index (χ0) is 20.1. The Morgan fingerprint density at radius 1 is 0.833 bits per heavy atom. The minimum atomic E-state index is 0.250. The minimum Gasteiger partial charge on any atom is -0.454 e. The Morgan fingerprint density at radius 3 is 2.43 bits per heavy atom. The third-order valence-corrected chi connectivity index (χ3v) is 5.39. The molecule has 1 aliphatic heterocycles. The highest BCUT2D eigenvalue weighted by atomic mass is 35.5. The molecule has 1 aliphatic rings. The van der Waals surface area contributed by atoms with Gasteiger partial charge in [0, 0.05) is 10.6 Å². The number of nitrogens with zero attached hydrogens (tertiary/aromatic N) is 4. The lowest BCUT2D eigenvalue weighted by molar-refractivity contribution is 0.174. The van der Waals surface area contributed by atoms with Crippen LogP contribution in [0, 0.1) is 0 Å². The molecular weight excluding hydrogens is 400 g/mol. The maximum atomic E-state index is 6.09. The molecule has 3 heterocycles. The molecule has 6 rings (SSSR count). The summed E-state index contributed by atoms with van der Waals surface area (Å²) < 4.78 is 13.1. The summed E-state index contributed by atoms with van der Waals surface area (Å²) in [5.41, 5.74) is 5.00.